The van der Waals surface area contributed by atoms with E-state index in [9.17, 15) is 0 Å². The van der Waals surface area contributed by atoms with E-state index in [1.807, 2.05) is 0 Å². The topological polar surface area (TPSA) is 132 Å². The van der Waals surface area contributed by atoms with Gasteiger partial charge < -0.3 is 2.85 Å². The number of hydrogen-bond acceptors (Lipinski definition) is 3. The molecule has 7 nitrogen and oxygen atoms in total. The second kappa shape index (κ2) is 13.2. The summed E-state index contributed by atoms with van der Waals surface area (Å²) in [6.45, 7) is 0. The molecule has 0 aromatic rings. The monoisotopic (exact) mass is 260 g/mol. The third-order valence-electron chi connectivity index (χ3n) is 0. The molecule has 11 heavy (non-hydrogen) atoms. The van der Waals surface area contributed by atoms with E-state index in [4.69, 9.17) is 30.8 Å². The van der Waals surface area contributed by atoms with Crippen LogP contribution in [0, 0.1) is 0 Å². The first kappa shape index (κ1) is 23.8. The zero-order valence-electron chi connectivity index (χ0n) is 7.83. The van der Waals surface area contributed by atoms with E-state index < -0.39 is 21.8 Å². The maximum Gasteiger partial charge on any atom is 1.00 e. The molecule has 0 aliphatic carbocycles. The molecule has 0 saturated heterocycles. The normalized spacial score (nSPS) is 8.45. The van der Waals surface area contributed by atoms with Crippen LogP contribution in [0.25, 0.3) is 0 Å². The van der Waals surface area contributed by atoms with Crippen molar-refractivity contribution in [1.82, 2.24) is 0 Å². The average Bonchev–Trinajstić information content (AvgIpc) is 1.19. The summed E-state index contributed by atoms with van der Waals surface area (Å²) in [6, 6.07) is 0. The Morgan fingerprint density at radius 2 is 1.09 bits per heavy atom. The van der Waals surface area contributed by atoms with E-state index in [0.29, 0.717) is 0 Å². The zero-order chi connectivity index (χ0) is 8.08. The van der Waals surface area contributed by atoms with Crippen LogP contribution in [-0.4, -0.2) is 30.8 Å². The molecule has 0 saturated carbocycles. The van der Waals surface area contributed by atoms with E-state index in [2.05, 4.69) is 0 Å². The Balaban J connectivity index is -0.0000000146. The van der Waals surface area contributed by atoms with Gasteiger partial charge in [0.25, 0.3) is 11.4 Å². The molecule has 62 valence electrons. The Labute approximate surface area is 154 Å². The maximum absolute atomic E-state index is 8.74. The molecular weight excluding hydrogens is 254 g/mol. The Morgan fingerprint density at radius 3 is 1.09 bits per heavy atom. The second-order valence-corrected chi connectivity index (χ2v) is 2.04. The molecule has 0 atom stereocenters. The van der Waals surface area contributed by atoms with Gasteiger partial charge in [-0.25, -0.2) is 0 Å². The van der Waals surface area contributed by atoms with E-state index >= 15 is 0 Å². The summed E-state index contributed by atoms with van der Waals surface area (Å²) in [5.41, 5.74) is 0. The third-order valence-corrected chi connectivity index (χ3v) is 0. The number of hydrogen-bond donors (Lipinski definition) is 4. The molecule has 0 heterocycles. The molecule has 0 aliphatic heterocycles. The number of rotatable bonds is 0. The summed E-state index contributed by atoms with van der Waals surface area (Å²) in [5, 5.41) is 0. The smallest absolute Gasteiger partial charge is 1.00 e. The van der Waals surface area contributed by atoms with Crippen LogP contribution in [0.4, 0.5) is 0 Å². The standard InChI is InChI=1S/2K.H2O4S.H2O3S.2H/c;;1-5(2,3)4;1-4(2)3;;/h;;(H2,1,2,3,4);(H2,1,2,3);;/q2*+1;;;2*-1. The molecular formula is H6K2O7S2. The van der Waals surface area contributed by atoms with Crippen LogP contribution < -0.4 is 103 Å². The van der Waals surface area contributed by atoms with Crippen molar-refractivity contribution in [3.63, 3.8) is 0 Å². The van der Waals surface area contributed by atoms with Crippen molar-refractivity contribution < 1.29 is 136 Å². The van der Waals surface area contributed by atoms with E-state index in [0.717, 1.165) is 0 Å². The summed E-state index contributed by atoms with van der Waals surface area (Å²) < 4.78 is 54.4. The molecule has 0 unspecified atom stereocenters. The van der Waals surface area contributed by atoms with Crippen molar-refractivity contribution in [1.29, 1.82) is 0 Å². The van der Waals surface area contributed by atoms with Gasteiger partial charge in [-0.15, -0.1) is 0 Å². The predicted octanol–water partition coefficient (Wildman–Crippen LogP) is -6.74. The van der Waals surface area contributed by atoms with E-state index in [1.165, 1.54) is 0 Å². The van der Waals surface area contributed by atoms with E-state index in [1.54, 1.807) is 0 Å². The van der Waals surface area contributed by atoms with Crippen molar-refractivity contribution in [3.05, 3.63) is 0 Å². The van der Waals surface area contributed by atoms with Gasteiger partial charge >= 0.3 is 113 Å². The van der Waals surface area contributed by atoms with Gasteiger partial charge in [-0.1, -0.05) is 0 Å². The van der Waals surface area contributed by atoms with E-state index in [-0.39, 0.29) is 106 Å². The minimum Gasteiger partial charge on any atom is -1.00 e. The SMILES string of the molecule is O=S(=O)(O)O.O=S(O)O.[H-].[H-].[K+].[K+]. The molecule has 4 N–H and O–H groups in total. The molecule has 0 fully saturated rings. The second-order valence-electron chi connectivity index (χ2n) is 0.679. The largest absolute Gasteiger partial charge is 1.00 e. The summed E-state index contributed by atoms with van der Waals surface area (Å²) >= 11 is -2.61. The van der Waals surface area contributed by atoms with Crippen LogP contribution in [0.3, 0.4) is 0 Å². The quantitative estimate of drug-likeness (QED) is 0.193. The van der Waals surface area contributed by atoms with Gasteiger partial charge in [0.2, 0.25) is 0 Å². The molecule has 0 aromatic heterocycles. The van der Waals surface area contributed by atoms with Gasteiger partial charge in [-0.05, 0) is 0 Å². The fourth-order valence-corrected chi connectivity index (χ4v) is 0. The Bertz CT molecular complexity index is 165. The van der Waals surface area contributed by atoms with Crippen molar-refractivity contribution in [2.75, 3.05) is 0 Å². The van der Waals surface area contributed by atoms with Crippen LogP contribution >= 0.6 is 0 Å². The summed E-state index contributed by atoms with van der Waals surface area (Å²) in [6.07, 6.45) is 0. The molecule has 0 amide bonds. The first-order valence-electron chi connectivity index (χ1n) is 1.23. The van der Waals surface area contributed by atoms with Crippen LogP contribution in [-0.2, 0) is 21.8 Å². The van der Waals surface area contributed by atoms with Crippen molar-refractivity contribution in [2.45, 2.75) is 0 Å². The van der Waals surface area contributed by atoms with Crippen LogP contribution in [0.15, 0.2) is 0 Å². The van der Waals surface area contributed by atoms with Crippen molar-refractivity contribution in [3.8, 4) is 0 Å². The molecule has 0 bridgehead atoms. The van der Waals surface area contributed by atoms with Crippen molar-refractivity contribution in [2.24, 2.45) is 0 Å². The van der Waals surface area contributed by atoms with Gasteiger partial charge in [0, 0.05) is 0 Å². The molecule has 0 spiro atoms. The van der Waals surface area contributed by atoms with Crippen LogP contribution in [0.1, 0.15) is 2.85 Å². The van der Waals surface area contributed by atoms with Gasteiger partial charge in [0.1, 0.15) is 0 Å². The Kier molecular flexibility index (Phi) is 28.6. The van der Waals surface area contributed by atoms with Crippen LogP contribution in [0.5, 0.6) is 0 Å². The van der Waals surface area contributed by atoms with Gasteiger partial charge in [-0.3, -0.25) is 18.2 Å². The third kappa shape index (κ3) is 161. The van der Waals surface area contributed by atoms with Crippen LogP contribution in [0.2, 0.25) is 0 Å². The van der Waals surface area contributed by atoms with Gasteiger partial charge in [-0.2, -0.15) is 12.6 Å². The minimum absolute atomic E-state index is 0. The van der Waals surface area contributed by atoms with Gasteiger partial charge in [0.15, 0.2) is 0 Å². The fourth-order valence-electron chi connectivity index (χ4n) is 0. The summed E-state index contributed by atoms with van der Waals surface area (Å²) in [5.74, 6) is 0. The Hall–Kier alpha value is 3.21. The fraction of sp³-hybridized carbons (Fsp3) is 0. The molecule has 0 rings (SSSR count). The first-order valence-corrected chi connectivity index (χ1v) is 3.69. The molecule has 11 heteroatoms. The summed E-state index contributed by atoms with van der Waals surface area (Å²) in [4.78, 5) is 0. The maximum atomic E-state index is 8.74. The zero-order valence-corrected chi connectivity index (χ0v) is 13.7. The molecule has 0 radical (unpaired) electrons. The molecule has 0 aromatic carbocycles. The Morgan fingerprint density at radius 1 is 1.09 bits per heavy atom. The minimum atomic E-state index is -4.67. The predicted molar refractivity (Wildman–Crippen MR) is 29.8 cm³/mol. The van der Waals surface area contributed by atoms with Crippen molar-refractivity contribution >= 4 is 21.8 Å². The van der Waals surface area contributed by atoms with Gasteiger partial charge in [0.05, 0.1) is 0 Å². The summed E-state index contributed by atoms with van der Waals surface area (Å²) in [7, 11) is -4.67. The molecule has 0 aliphatic rings. The average molecular weight is 260 g/mol. The first-order chi connectivity index (χ1) is 3.73.